The molecule has 0 radical (unpaired) electrons. The second-order valence-corrected chi connectivity index (χ2v) is 5.83. The lowest BCUT2D eigenvalue weighted by atomic mass is 10.2. The third-order valence-corrected chi connectivity index (χ3v) is 3.92. The van der Waals surface area contributed by atoms with Crippen LogP contribution < -0.4 is 15.3 Å². The van der Waals surface area contributed by atoms with Gasteiger partial charge in [-0.2, -0.15) is 0 Å². The Bertz CT molecular complexity index is 1250. The molecule has 0 aliphatic carbocycles. The standard InChI is InChI=1S/C21H15N5O2/c27-20-8-10-22-13-15-4-1-2-5-18(15)26-21-17-12-16(28-11-3-9-23-20)6-7-19(17)24-14-25-21/h1-7,9-14H,8H2. The van der Waals surface area contributed by atoms with Gasteiger partial charge in [-0.1, -0.05) is 18.2 Å². The monoisotopic (exact) mass is 369 g/mol. The summed E-state index contributed by atoms with van der Waals surface area (Å²) in [5.74, 6) is 0.834. The van der Waals surface area contributed by atoms with Gasteiger partial charge in [-0.3, -0.25) is 9.79 Å². The lowest BCUT2D eigenvalue weighted by Gasteiger charge is -2.04. The predicted octanol–water partition coefficient (Wildman–Crippen LogP) is 2.28. The Morgan fingerprint density at radius 1 is 1.04 bits per heavy atom. The molecule has 2 heterocycles. The number of aliphatic imine (C=N–C) groups is 2. The van der Waals surface area contributed by atoms with E-state index in [9.17, 15) is 4.79 Å². The minimum absolute atomic E-state index is 0.105. The van der Waals surface area contributed by atoms with Crippen LogP contribution in [0.5, 0.6) is 5.75 Å². The number of hydrogen-bond donors (Lipinski definition) is 0. The molecular formula is C21H15N5O2. The molecular weight excluding hydrogens is 354 g/mol. The highest BCUT2D eigenvalue weighted by Crippen LogP contribution is 2.25. The molecule has 0 fully saturated rings. The summed E-state index contributed by atoms with van der Waals surface area (Å²) >= 11 is 0. The van der Waals surface area contributed by atoms with Gasteiger partial charge < -0.3 is 4.74 Å². The Kier molecular flexibility index (Phi) is 5.06. The molecule has 0 saturated carbocycles. The summed E-state index contributed by atoms with van der Waals surface area (Å²) in [5, 5.41) is 2.28. The van der Waals surface area contributed by atoms with Crippen LogP contribution in [0.25, 0.3) is 17.1 Å². The number of amides is 1. The molecule has 0 unspecified atom stereocenters. The summed E-state index contributed by atoms with van der Waals surface area (Å²) < 4.78 is 5.58. The second-order valence-electron chi connectivity index (χ2n) is 5.83. The van der Waals surface area contributed by atoms with Crippen molar-refractivity contribution in [3.05, 3.63) is 71.7 Å². The van der Waals surface area contributed by atoms with Crippen LogP contribution in [0.1, 0.15) is 6.42 Å². The van der Waals surface area contributed by atoms with Crippen molar-refractivity contribution in [1.29, 1.82) is 0 Å². The van der Waals surface area contributed by atoms with Crippen LogP contribution in [0.3, 0.4) is 0 Å². The van der Waals surface area contributed by atoms with Gasteiger partial charge in [0.25, 0.3) is 5.91 Å². The smallest absolute Gasteiger partial charge is 0.251 e. The van der Waals surface area contributed by atoms with E-state index in [4.69, 9.17) is 9.73 Å². The van der Waals surface area contributed by atoms with Gasteiger partial charge >= 0.3 is 0 Å². The Labute approximate surface area is 160 Å². The first-order chi connectivity index (χ1) is 13.8. The number of nitrogens with zero attached hydrogens (tertiary/aromatic N) is 5. The van der Waals surface area contributed by atoms with E-state index in [-0.39, 0.29) is 12.3 Å². The third kappa shape index (κ3) is 4.04. The van der Waals surface area contributed by atoms with Crippen LogP contribution >= 0.6 is 0 Å². The summed E-state index contributed by atoms with van der Waals surface area (Å²) in [5.41, 5.74) is 0.759. The summed E-state index contributed by atoms with van der Waals surface area (Å²) in [6.45, 7) is 0. The lowest BCUT2D eigenvalue weighted by Crippen LogP contribution is -2.23. The number of rotatable bonds is 0. The van der Waals surface area contributed by atoms with Crippen molar-refractivity contribution in [1.82, 2.24) is 9.97 Å². The fourth-order valence-corrected chi connectivity index (χ4v) is 2.59. The minimum Gasteiger partial charge on any atom is -0.465 e. The molecule has 1 amide bonds. The summed E-state index contributed by atoms with van der Waals surface area (Å²) in [4.78, 5) is 33.0. The fraction of sp³-hybridized carbons (Fsp3) is 0.0476. The van der Waals surface area contributed by atoms with Gasteiger partial charge in [0.05, 0.1) is 23.6 Å². The topological polar surface area (TPSA) is 89.2 Å². The molecule has 1 aliphatic rings. The molecule has 0 spiro atoms. The van der Waals surface area contributed by atoms with E-state index in [0.29, 0.717) is 16.9 Å². The summed E-state index contributed by atoms with van der Waals surface area (Å²) in [6, 6.07) is 13.0. The molecule has 0 N–H and O–H groups in total. The van der Waals surface area contributed by atoms with Crippen molar-refractivity contribution in [2.24, 2.45) is 15.0 Å². The van der Waals surface area contributed by atoms with Gasteiger partial charge in [-0.05, 0) is 30.3 Å². The van der Waals surface area contributed by atoms with Crippen molar-refractivity contribution in [2.75, 3.05) is 0 Å². The van der Waals surface area contributed by atoms with Gasteiger partial charge in [-0.15, -0.1) is 0 Å². The van der Waals surface area contributed by atoms with Crippen molar-refractivity contribution in [3.8, 4) is 5.75 Å². The maximum absolute atomic E-state index is 11.7. The van der Waals surface area contributed by atoms with Gasteiger partial charge in [0.15, 0.2) is 5.82 Å². The average molecular weight is 369 g/mol. The van der Waals surface area contributed by atoms with E-state index in [1.54, 1.807) is 18.3 Å². The Morgan fingerprint density at radius 2 is 1.96 bits per heavy atom. The molecule has 28 heavy (non-hydrogen) atoms. The Hall–Kier alpha value is -4.00. The van der Waals surface area contributed by atoms with Crippen molar-refractivity contribution < 1.29 is 9.53 Å². The summed E-state index contributed by atoms with van der Waals surface area (Å²) in [7, 11) is 0. The normalized spacial score (nSPS) is 14.1. The lowest BCUT2D eigenvalue weighted by molar-refractivity contribution is -0.116. The maximum Gasteiger partial charge on any atom is 0.251 e. The molecule has 2 bridgehead atoms. The van der Waals surface area contributed by atoms with Crippen LogP contribution in [0.15, 0.2) is 76.1 Å². The first-order valence-corrected chi connectivity index (χ1v) is 8.59. The molecule has 0 atom stereocenters. The Balaban J connectivity index is 1.93. The largest absolute Gasteiger partial charge is 0.465 e. The fourth-order valence-electron chi connectivity index (χ4n) is 2.59. The van der Waals surface area contributed by atoms with E-state index in [1.165, 1.54) is 25.0 Å². The molecule has 0 saturated heterocycles. The van der Waals surface area contributed by atoms with E-state index >= 15 is 0 Å². The number of para-hydroxylation sites is 1. The quantitative estimate of drug-likeness (QED) is 0.608. The highest BCUT2D eigenvalue weighted by molar-refractivity contribution is 5.96. The number of hydrogen-bond acceptors (Lipinski definition) is 6. The molecule has 7 nitrogen and oxygen atoms in total. The van der Waals surface area contributed by atoms with Crippen molar-refractivity contribution >= 4 is 41.3 Å². The molecule has 136 valence electrons. The first-order valence-electron chi connectivity index (χ1n) is 8.59. The maximum atomic E-state index is 11.7. The van der Waals surface area contributed by atoms with Gasteiger partial charge in [0.2, 0.25) is 0 Å². The van der Waals surface area contributed by atoms with E-state index in [1.807, 2.05) is 36.4 Å². The minimum atomic E-state index is -0.298. The van der Waals surface area contributed by atoms with Crippen LogP contribution in [0.2, 0.25) is 0 Å². The van der Waals surface area contributed by atoms with Crippen molar-refractivity contribution in [2.45, 2.75) is 6.42 Å². The molecule has 1 aromatic heterocycles. The number of carbonyl (C=O) groups is 1. The number of fused-ring (bicyclic) bond motifs is 2. The van der Waals surface area contributed by atoms with Crippen LogP contribution in [-0.4, -0.2) is 28.3 Å². The Morgan fingerprint density at radius 3 is 2.93 bits per heavy atom. The van der Waals surface area contributed by atoms with E-state index in [0.717, 1.165) is 16.1 Å². The molecule has 3 aromatic rings. The predicted molar refractivity (Wildman–Crippen MR) is 107 cm³/mol. The van der Waals surface area contributed by atoms with Crippen LogP contribution in [-0.2, 0) is 4.79 Å². The van der Waals surface area contributed by atoms with Gasteiger partial charge in [0.1, 0.15) is 12.1 Å². The van der Waals surface area contributed by atoms with Gasteiger partial charge in [-0.25, -0.2) is 20.0 Å². The van der Waals surface area contributed by atoms with Crippen LogP contribution in [0, 0.1) is 0 Å². The second kappa shape index (κ2) is 8.13. The number of allylic oxidation sites excluding steroid dienone is 1. The number of benzene rings is 2. The van der Waals surface area contributed by atoms with E-state index in [2.05, 4.69) is 20.0 Å². The highest BCUT2D eigenvalue weighted by atomic mass is 16.5. The number of ether oxygens (including phenoxy) is 1. The zero-order valence-corrected chi connectivity index (χ0v) is 14.8. The first kappa shape index (κ1) is 17.4. The molecule has 2 aromatic carbocycles. The summed E-state index contributed by atoms with van der Waals surface area (Å²) in [6.07, 6.45) is 9.15. The number of aromatic nitrogens is 2. The van der Waals surface area contributed by atoms with Gasteiger partial charge in [0, 0.05) is 29.2 Å². The van der Waals surface area contributed by atoms with Crippen LogP contribution in [0.4, 0.5) is 5.82 Å². The zero-order chi connectivity index (χ0) is 19.2. The van der Waals surface area contributed by atoms with Crippen molar-refractivity contribution in [3.63, 3.8) is 0 Å². The molecule has 4 rings (SSSR count). The highest BCUT2D eigenvalue weighted by Gasteiger charge is 2.04. The number of carbonyl (C=O) groups excluding carboxylic acids is 1. The SMILES string of the molecule is O=C1CC=NC=c2ccccc2=Nc2ncnc3ccc(cc23)OC=CC=N1. The van der Waals surface area contributed by atoms with E-state index < -0.39 is 0 Å². The average Bonchev–Trinajstić information content (AvgIpc) is 2.72. The molecule has 7 heteroatoms. The molecule has 1 aliphatic heterocycles. The zero-order valence-electron chi connectivity index (χ0n) is 14.8. The third-order valence-electron chi connectivity index (χ3n) is 3.92.